The molecule has 0 bridgehead atoms. The molecule has 1 aromatic heterocycles. The van der Waals surface area contributed by atoms with Crippen molar-refractivity contribution in [2.45, 2.75) is 0 Å². The average Bonchev–Trinajstić information content (AvgIpc) is 2.78. The van der Waals surface area contributed by atoms with Gasteiger partial charge in [-0.25, -0.2) is 9.66 Å². The van der Waals surface area contributed by atoms with E-state index in [1.165, 1.54) is 11.0 Å². The number of nitrogens with zero attached hydrogens (tertiary/aromatic N) is 2. The van der Waals surface area contributed by atoms with Gasteiger partial charge in [-0.2, -0.15) is 0 Å². The Balaban J connectivity index is 2.14. The third-order valence-corrected chi connectivity index (χ3v) is 3.15. The van der Waals surface area contributed by atoms with Crippen molar-refractivity contribution in [3.8, 4) is 17.0 Å². The van der Waals surface area contributed by atoms with E-state index in [0.29, 0.717) is 11.5 Å². The highest BCUT2D eigenvalue weighted by Gasteiger charge is 2.09. The van der Waals surface area contributed by atoms with Crippen LogP contribution >= 0.6 is 0 Å². The number of imidazole rings is 1. The Morgan fingerprint density at radius 2 is 1.84 bits per heavy atom. The molecule has 0 aliphatic carbocycles. The number of nitrogens with two attached hydrogens (primary N) is 2. The van der Waals surface area contributed by atoms with Crippen LogP contribution in [0.5, 0.6) is 5.75 Å². The molecule has 1 heterocycles. The van der Waals surface area contributed by atoms with Gasteiger partial charge in [-0.3, -0.25) is 0 Å². The zero-order valence-electron chi connectivity index (χ0n) is 10.5. The second-order valence-corrected chi connectivity index (χ2v) is 4.31. The molecule has 5 heteroatoms. The maximum absolute atomic E-state index is 5.88. The number of hydrogen-bond acceptors (Lipinski definition) is 4. The summed E-state index contributed by atoms with van der Waals surface area (Å²) in [6.45, 7) is 0. The van der Waals surface area contributed by atoms with Crippen LogP contribution in [0.3, 0.4) is 0 Å². The number of ether oxygens (including phenoxy) is 1. The molecule has 3 rings (SSSR count). The summed E-state index contributed by atoms with van der Waals surface area (Å²) in [5.74, 6) is 6.93. The smallest absolute Gasteiger partial charge is 0.150 e. The number of fused-ring (bicyclic) bond motifs is 1. The molecule has 2 aromatic carbocycles. The summed E-state index contributed by atoms with van der Waals surface area (Å²) in [6, 6.07) is 11.9. The molecule has 0 aliphatic rings. The van der Waals surface area contributed by atoms with Crippen molar-refractivity contribution < 1.29 is 4.74 Å². The van der Waals surface area contributed by atoms with Gasteiger partial charge in [-0.05, 0) is 29.0 Å². The molecule has 19 heavy (non-hydrogen) atoms. The third-order valence-electron chi connectivity index (χ3n) is 3.15. The van der Waals surface area contributed by atoms with E-state index in [0.717, 1.165) is 22.1 Å². The quantitative estimate of drug-likeness (QED) is 0.686. The summed E-state index contributed by atoms with van der Waals surface area (Å²) in [4.78, 5) is 4.21. The summed E-state index contributed by atoms with van der Waals surface area (Å²) in [5, 5.41) is 2.21. The van der Waals surface area contributed by atoms with Crippen molar-refractivity contribution in [3.63, 3.8) is 0 Å². The van der Waals surface area contributed by atoms with Crippen LogP contribution in [0.4, 0.5) is 5.82 Å². The molecule has 96 valence electrons. The predicted molar refractivity (Wildman–Crippen MR) is 76.3 cm³/mol. The van der Waals surface area contributed by atoms with E-state index in [-0.39, 0.29) is 0 Å². The van der Waals surface area contributed by atoms with Gasteiger partial charge in [0.15, 0.2) is 0 Å². The number of benzene rings is 2. The standard InChI is InChI=1S/C14H14N4O/c1-19-12-5-4-9-6-11(3-2-10(9)7-12)13-14(15)18(16)8-17-13/h2-8H,15-16H2,1H3. The summed E-state index contributed by atoms with van der Waals surface area (Å²) in [6.07, 6.45) is 1.50. The zero-order chi connectivity index (χ0) is 13.4. The van der Waals surface area contributed by atoms with Crippen LogP contribution in [0.1, 0.15) is 0 Å². The van der Waals surface area contributed by atoms with Gasteiger partial charge in [0.25, 0.3) is 0 Å². The number of anilines is 1. The fourth-order valence-corrected chi connectivity index (χ4v) is 2.09. The molecule has 0 saturated carbocycles. The molecule has 0 saturated heterocycles. The fraction of sp³-hybridized carbons (Fsp3) is 0.0714. The van der Waals surface area contributed by atoms with Crippen LogP contribution in [-0.4, -0.2) is 16.8 Å². The highest BCUT2D eigenvalue weighted by atomic mass is 16.5. The summed E-state index contributed by atoms with van der Waals surface area (Å²) >= 11 is 0. The van der Waals surface area contributed by atoms with Crippen molar-refractivity contribution in [2.75, 3.05) is 18.7 Å². The second-order valence-electron chi connectivity index (χ2n) is 4.31. The molecule has 0 amide bonds. The minimum atomic E-state index is 0.452. The van der Waals surface area contributed by atoms with Crippen molar-refractivity contribution in [2.24, 2.45) is 0 Å². The van der Waals surface area contributed by atoms with Crippen LogP contribution in [0.2, 0.25) is 0 Å². The van der Waals surface area contributed by atoms with E-state index in [9.17, 15) is 0 Å². The van der Waals surface area contributed by atoms with Gasteiger partial charge in [0.2, 0.25) is 0 Å². The number of methoxy groups -OCH3 is 1. The largest absolute Gasteiger partial charge is 0.497 e. The number of nitrogen functional groups attached to an aromatic ring is 2. The molecule has 0 radical (unpaired) electrons. The Kier molecular flexibility index (Phi) is 2.52. The average molecular weight is 254 g/mol. The van der Waals surface area contributed by atoms with Crippen LogP contribution in [0.25, 0.3) is 22.0 Å². The Morgan fingerprint density at radius 1 is 1.11 bits per heavy atom. The lowest BCUT2D eigenvalue weighted by Crippen LogP contribution is -2.09. The van der Waals surface area contributed by atoms with E-state index < -0.39 is 0 Å². The fourth-order valence-electron chi connectivity index (χ4n) is 2.09. The summed E-state index contributed by atoms with van der Waals surface area (Å²) in [5.41, 5.74) is 7.52. The Morgan fingerprint density at radius 3 is 2.53 bits per heavy atom. The van der Waals surface area contributed by atoms with Gasteiger partial charge in [0, 0.05) is 5.56 Å². The van der Waals surface area contributed by atoms with Gasteiger partial charge in [0.1, 0.15) is 23.6 Å². The first-order valence-corrected chi connectivity index (χ1v) is 5.85. The maximum Gasteiger partial charge on any atom is 0.150 e. The lowest BCUT2D eigenvalue weighted by molar-refractivity contribution is 0.415. The van der Waals surface area contributed by atoms with Crippen molar-refractivity contribution in [1.29, 1.82) is 0 Å². The van der Waals surface area contributed by atoms with Crippen LogP contribution in [0, 0.1) is 0 Å². The normalized spacial score (nSPS) is 10.8. The highest BCUT2D eigenvalue weighted by molar-refractivity contribution is 5.89. The van der Waals surface area contributed by atoms with Gasteiger partial charge in [0.05, 0.1) is 7.11 Å². The molecule has 0 fully saturated rings. The van der Waals surface area contributed by atoms with E-state index in [2.05, 4.69) is 4.98 Å². The number of hydrogen-bond donors (Lipinski definition) is 2. The molecule has 3 aromatic rings. The Hall–Kier alpha value is -2.69. The van der Waals surface area contributed by atoms with Crippen LogP contribution < -0.4 is 16.3 Å². The zero-order valence-corrected chi connectivity index (χ0v) is 10.5. The molecular weight excluding hydrogens is 240 g/mol. The van der Waals surface area contributed by atoms with Gasteiger partial charge >= 0.3 is 0 Å². The lowest BCUT2D eigenvalue weighted by Gasteiger charge is -2.05. The molecule has 0 spiro atoms. The topological polar surface area (TPSA) is 79.1 Å². The predicted octanol–water partition coefficient (Wildman–Crippen LogP) is 2.01. The van der Waals surface area contributed by atoms with Crippen LogP contribution in [0.15, 0.2) is 42.7 Å². The third kappa shape index (κ3) is 1.85. The number of rotatable bonds is 2. The summed E-state index contributed by atoms with van der Waals surface area (Å²) < 4.78 is 6.52. The van der Waals surface area contributed by atoms with E-state index in [1.807, 2.05) is 36.4 Å². The lowest BCUT2D eigenvalue weighted by atomic mass is 10.0. The molecule has 0 atom stereocenters. The van der Waals surface area contributed by atoms with Gasteiger partial charge in [-0.15, -0.1) is 0 Å². The maximum atomic E-state index is 5.88. The molecule has 0 unspecified atom stereocenters. The first-order chi connectivity index (χ1) is 9.19. The van der Waals surface area contributed by atoms with Gasteiger partial charge in [-0.1, -0.05) is 18.2 Å². The first-order valence-electron chi connectivity index (χ1n) is 5.85. The summed E-state index contributed by atoms with van der Waals surface area (Å²) in [7, 11) is 1.66. The second kappa shape index (κ2) is 4.20. The minimum absolute atomic E-state index is 0.452. The first kappa shape index (κ1) is 11.4. The Labute approximate surface area is 110 Å². The van der Waals surface area contributed by atoms with Gasteiger partial charge < -0.3 is 16.3 Å². The highest BCUT2D eigenvalue weighted by Crippen LogP contribution is 2.28. The monoisotopic (exact) mass is 254 g/mol. The van der Waals surface area contributed by atoms with Crippen molar-refractivity contribution in [3.05, 3.63) is 42.7 Å². The molecule has 4 N–H and O–H groups in total. The molecular formula is C14H14N4O. The molecule has 5 nitrogen and oxygen atoms in total. The molecule has 0 aliphatic heterocycles. The van der Waals surface area contributed by atoms with Crippen LogP contribution in [-0.2, 0) is 0 Å². The Bertz CT molecular complexity index is 748. The SMILES string of the molecule is COc1ccc2cc(-c3ncn(N)c3N)ccc2c1. The number of aromatic nitrogens is 2. The van der Waals surface area contributed by atoms with E-state index >= 15 is 0 Å². The van der Waals surface area contributed by atoms with Crippen molar-refractivity contribution >= 4 is 16.6 Å². The van der Waals surface area contributed by atoms with E-state index in [1.54, 1.807) is 7.11 Å². The van der Waals surface area contributed by atoms with Crippen molar-refractivity contribution in [1.82, 2.24) is 9.66 Å². The minimum Gasteiger partial charge on any atom is -0.497 e. The van der Waals surface area contributed by atoms with E-state index in [4.69, 9.17) is 16.3 Å².